The fourth-order valence-electron chi connectivity index (χ4n) is 0.908. The molecule has 12 heavy (non-hydrogen) atoms. The smallest absolute Gasteiger partial charge is 0.128 e. The molecule has 0 saturated carbocycles. The highest BCUT2D eigenvalue weighted by Crippen LogP contribution is 2.30. The number of hydrogen-bond donors (Lipinski definition) is 0. The molecule has 1 nitrogen and oxygen atoms in total. The lowest BCUT2D eigenvalue weighted by Crippen LogP contribution is -2.07. The van der Waals surface area contributed by atoms with Crippen molar-refractivity contribution in [1.29, 1.82) is 0 Å². The van der Waals surface area contributed by atoms with Crippen molar-refractivity contribution < 1.29 is 4.74 Å². The summed E-state index contributed by atoms with van der Waals surface area (Å²) in [6.07, 6.45) is 0. The van der Waals surface area contributed by atoms with Gasteiger partial charge in [-0.3, -0.25) is 0 Å². The van der Waals surface area contributed by atoms with E-state index in [1.165, 1.54) is 5.56 Å². The lowest BCUT2D eigenvalue weighted by Gasteiger charge is -2.14. The summed E-state index contributed by atoms with van der Waals surface area (Å²) in [5, 5.41) is 0.0138. The third-order valence-electron chi connectivity index (χ3n) is 1.57. The van der Waals surface area contributed by atoms with Crippen LogP contribution in [0.4, 0.5) is 0 Å². The zero-order chi connectivity index (χ0) is 8.97. The monoisotopic (exact) mass is 292 g/mol. The van der Waals surface area contributed by atoms with Crippen LogP contribution in [0.5, 0.6) is 0 Å². The molecule has 0 spiro atoms. The van der Waals surface area contributed by atoms with E-state index in [0.29, 0.717) is 0 Å². The van der Waals surface area contributed by atoms with E-state index in [1.54, 1.807) is 7.11 Å². The normalized spacial score (nSPS) is 15.6. The molecule has 0 amide bonds. The van der Waals surface area contributed by atoms with Gasteiger partial charge in [0.25, 0.3) is 0 Å². The summed E-state index contributed by atoms with van der Waals surface area (Å²) in [5.41, 5.74) is 1.21. The molecule has 0 N–H and O–H groups in total. The summed E-state index contributed by atoms with van der Waals surface area (Å²) in [5.74, 6) is 0. The van der Waals surface area contributed by atoms with Gasteiger partial charge in [-0.2, -0.15) is 0 Å². The minimum atomic E-state index is 0.0138. The molecule has 0 aliphatic rings. The van der Waals surface area contributed by atoms with Crippen molar-refractivity contribution in [3.63, 3.8) is 0 Å². The molecule has 0 saturated heterocycles. The Bertz CT molecular complexity index is 225. The molecule has 1 rings (SSSR count). The van der Waals surface area contributed by atoms with Crippen LogP contribution in [-0.4, -0.2) is 12.1 Å². The lowest BCUT2D eigenvalue weighted by atomic mass is 10.2. The Morgan fingerprint density at radius 2 is 1.75 bits per heavy atom. The highest BCUT2D eigenvalue weighted by atomic mass is 79.9. The van der Waals surface area contributed by atoms with Crippen molar-refractivity contribution in [3.8, 4) is 0 Å². The number of hydrogen-bond acceptors (Lipinski definition) is 1. The van der Waals surface area contributed by atoms with Crippen molar-refractivity contribution in [2.24, 2.45) is 0 Å². The predicted molar refractivity (Wildman–Crippen MR) is 57.8 cm³/mol. The number of methoxy groups -OCH3 is 1. The molecule has 1 aromatic carbocycles. The van der Waals surface area contributed by atoms with Gasteiger partial charge >= 0.3 is 0 Å². The molecule has 0 bridgehead atoms. The standard InChI is InChI=1S/C9H10Br2O/c1-12-9(11)8(10)7-5-3-2-4-6-7/h2-6,8-9H,1H3. The van der Waals surface area contributed by atoms with Gasteiger partial charge in [0, 0.05) is 7.11 Å². The molecule has 3 heteroatoms. The Kier molecular flexibility index (Phi) is 4.26. The maximum atomic E-state index is 5.14. The second-order valence-corrected chi connectivity index (χ2v) is 4.29. The fourth-order valence-corrected chi connectivity index (χ4v) is 1.73. The molecule has 0 aliphatic carbocycles. The van der Waals surface area contributed by atoms with Gasteiger partial charge in [0.05, 0.1) is 4.83 Å². The van der Waals surface area contributed by atoms with Crippen LogP contribution in [0.25, 0.3) is 0 Å². The van der Waals surface area contributed by atoms with Crippen LogP contribution in [0.15, 0.2) is 30.3 Å². The number of benzene rings is 1. The molecule has 0 aliphatic heterocycles. The minimum absolute atomic E-state index is 0.0138. The largest absolute Gasteiger partial charge is 0.369 e. The first-order chi connectivity index (χ1) is 5.75. The predicted octanol–water partition coefficient (Wildman–Crippen LogP) is 3.49. The molecule has 0 fully saturated rings. The Hall–Kier alpha value is 0.140. The number of rotatable bonds is 3. The van der Waals surface area contributed by atoms with E-state index in [9.17, 15) is 0 Å². The molecule has 0 radical (unpaired) electrons. The zero-order valence-corrected chi connectivity index (χ0v) is 9.88. The summed E-state index contributed by atoms with van der Waals surface area (Å²) in [4.78, 5) is 0.198. The van der Waals surface area contributed by atoms with Crippen molar-refractivity contribution >= 4 is 31.9 Å². The van der Waals surface area contributed by atoms with Crippen molar-refractivity contribution in [3.05, 3.63) is 35.9 Å². The van der Waals surface area contributed by atoms with Gasteiger partial charge in [-0.25, -0.2) is 0 Å². The molecular formula is C9H10Br2O. The van der Waals surface area contributed by atoms with E-state index in [2.05, 4.69) is 44.0 Å². The van der Waals surface area contributed by atoms with Crippen molar-refractivity contribution in [1.82, 2.24) is 0 Å². The first-order valence-electron chi connectivity index (χ1n) is 3.61. The third kappa shape index (κ3) is 2.57. The number of halogens is 2. The van der Waals surface area contributed by atoms with Gasteiger partial charge in [-0.15, -0.1) is 0 Å². The Morgan fingerprint density at radius 3 is 2.25 bits per heavy atom. The molecule has 0 aromatic heterocycles. The van der Waals surface area contributed by atoms with Crippen LogP contribution in [0.2, 0.25) is 0 Å². The Balaban J connectivity index is 2.71. The van der Waals surface area contributed by atoms with Gasteiger partial charge in [0.1, 0.15) is 5.01 Å². The van der Waals surface area contributed by atoms with Crippen LogP contribution in [0.1, 0.15) is 10.4 Å². The number of alkyl halides is 2. The van der Waals surface area contributed by atoms with E-state index in [1.807, 2.05) is 18.2 Å². The van der Waals surface area contributed by atoms with E-state index in [4.69, 9.17) is 4.74 Å². The summed E-state index contributed by atoms with van der Waals surface area (Å²) < 4.78 is 5.14. The van der Waals surface area contributed by atoms with Crippen molar-refractivity contribution in [2.75, 3.05) is 7.11 Å². The molecule has 1 aromatic rings. The average molecular weight is 294 g/mol. The SMILES string of the molecule is COC(Br)C(Br)c1ccccc1. The quantitative estimate of drug-likeness (QED) is 0.775. The first kappa shape index (κ1) is 10.2. The van der Waals surface area contributed by atoms with Crippen LogP contribution in [0.3, 0.4) is 0 Å². The Labute approximate surface area is 89.4 Å². The third-order valence-corrected chi connectivity index (χ3v) is 4.19. The van der Waals surface area contributed by atoms with Gasteiger partial charge in [-0.05, 0) is 5.56 Å². The summed E-state index contributed by atoms with van der Waals surface area (Å²) in [7, 11) is 1.68. The molecular weight excluding hydrogens is 284 g/mol. The second kappa shape index (κ2) is 5.00. The topological polar surface area (TPSA) is 9.23 Å². The van der Waals surface area contributed by atoms with Crippen molar-refractivity contribution in [2.45, 2.75) is 9.84 Å². The van der Waals surface area contributed by atoms with E-state index in [0.717, 1.165) is 0 Å². The number of ether oxygens (including phenoxy) is 1. The van der Waals surface area contributed by atoms with E-state index in [-0.39, 0.29) is 9.84 Å². The summed E-state index contributed by atoms with van der Waals surface area (Å²) in [6, 6.07) is 10.1. The highest BCUT2D eigenvalue weighted by molar-refractivity contribution is 9.12. The summed E-state index contributed by atoms with van der Waals surface area (Å²) in [6.45, 7) is 0. The zero-order valence-electron chi connectivity index (χ0n) is 6.71. The maximum absolute atomic E-state index is 5.14. The van der Waals surface area contributed by atoms with Gasteiger partial charge in [0.15, 0.2) is 0 Å². The Morgan fingerprint density at radius 1 is 1.17 bits per heavy atom. The highest BCUT2D eigenvalue weighted by Gasteiger charge is 2.15. The molecule has 2 atom stereocenters. The lowest BCUT2D eigenvalue weighted by molar-refractivity contribution is 0.178. The van der Waals surface area contributed by atoms with E-state index >= 15 is 0 Å². The average Bonchev–Trinajstić information content (AvgIpc) is 2.17. The molecule has 2 unspecified atom stereocenters. The minimum Gasteiger partial charge on any atom is -0.369 e. The van der Waals surface area contributed by atoms with Crippen LogP contribution in [-0.2, 0) is 4.74 Å². The molecule has 0 heterocycles. The van der Waals surface area contributed by atoms with Crippen LogP contribution >= 0.6 is 31.9 Å². The first-order valence-corrected chi connectivity index (χ1v) is 5.44. The molecule has 66 valence electrons. The van der Waals surface area contributed by atoms with Crippen LogP contribution < -0.4 is 0 Å². The van der Waals surface area contributed by atoms with Gasteiger partial charge in [0.2, 0.25) is 0 Å². The summed E-state index contributed by atoms with van der Waals surface area (Å²) >= 11 is 6.95. The second-order valence-electron chi connectivity index (χ2n) is 2.40. The van der Waals surface area contributed by atoms with Gasteiger partial charge in [-0.1, -0.05) is 62.2 Å². The fraction of sp³-hybridized carbons (Fsp3) is 0.333. The maximum Gasteiger partial charge on any atom is 0.128 e. The van der Waals surface area contributed by atoms with Gasteiger partial charge < -0.3 is 4.74 Å². The van der Waals surface area contributed by atoms with Crippen LogP contribution in [0, 0.1) is 0 Å². The van der Waals surface area contributed by atoms with E-state index < -0.39 is 0 Å².